The van der Waals surface area contributed by atoms with Crippen LogP contribution in [0.1, 0.15) is 13.3 Å². The van der Waals surface area contributed by atoms with E-state index in [1.54, 1.807) is 0 Å². The first-order valence-corrected chi connectivity index (χ1v) is 4.28. The van der Waals surface area contributed by atoms with Crippen molar-refractivity contribution >= 4 is 0 Å². The van der Waals surface area contributed by atoms with Crippen molar-refractivity contribution in [2.24, 2.45) is 0 Å². The van der Waals surface area contributed by atoms with Crippen molar-refractivity contribution in [3.05, 3.63) is 30.1 Å². The molecular weight excluding hydrogens is 171 g/mol. The summed E-state index contributed by atoms with van der Waals surface area (Å²) >= 11 is 0. The Hall–Kier alpha value is -1.09. The Morgan fingerprint density at radius 1 is 1.38 bits per heavy atom. The van der Waals surface area contributed by atoms with Crippen LogP contribution in [0.5, 0.6) is 5.75 Å². The van der Waals surface area contributed by atoms with Crippen LogP contribution < -0.4 is 4.74 Å². The van der Waals surface area contributed by atoms with E-state index in [0.29, 0.717) is 12.2 Å². The Balaban J connectivity index is 2.41. The lowest BCUT2D eigenvalue weighted by molar-refractivity contribution is 0.104. The maximum absolute atomic E-state index is 12.4. The molecule has 0 aromatic heterocycles. The van der Waals surface area contributed by atoms with Crippen molar-refractivity contribution in [2.45, 2.75) is 19.4 Å². The molecule has 13 heavy (non-hydrogen) atoms. The molecule has 0 aliphatic heterocycles. The van der Waals surface area contributed by atoms with Gasteiger partial charge in [-0.1, -0.05) is 6.92 Å². The predicted octanol–water partition coefficient (Wildman–Crippen LogP) is 1.98. The third kappa shape index (κ3) is 3.42. The standard InChI is InChI=1S/C10H13FO2/c1-2-9(12)7-13-10-5-3-8(11)4-6-10/h3-6,9,12H,2,7H2,1H3. The number of rotatable bonds is 4. The van der Waals surface area contributed by atoms with Crippen LogP contribution in [0.2, 0.25) is 0 Å². The molecule has 0 saturated carbocycles. The van der Waals surface area contributed by atoms with Gasteiger partial charge in [0.15, 0.2) is 0 Å². The van der Waals surface area contributed by atoms with Crippen LogP contribution in [0.25, 0.3) is 0 Å². The summed E-state index contributed by atoms with van der Waals surface area (Å²) in [4.78, 5) is 0. The number of hydrogen-bond acceptors (Lipinski definition) is 2. The average molecular weight is 184 g/mol. The molecule has 1 atom stereocenters. The van der Waals surface area contributed by atoms with Gasteiger partial charge in [-0.25, -0.2) is 4.39 Å². The monoisotopic (exact) mass is 184 g/mol. The Morgan fingerprint density at radius 3 is 2.54 bits per heavy atom. The number of benzene rings is 1. The first-order chi connectivity index (χ1) is 6.22. The minimum Gasteiger partial charge on any atom is -0.491 e. The molecule has 0 saturated heterocycles. The second-order valence-electron chi connectivity index (χ2n) is 2.83. The highest BCUT2D eigenvalue weighted by molar-refractivity contribution is 5.21. The predicted molar refractivity (Wildman–Crippen MR) is 48.2 cm³/mol. The van der Waals surface area contributed by atoms with Gasteiger partial charge >= 0.3 is 0 Å². The minimum atomic E-state index is -0.454. The zero-order valence-electron chi connectivity index (χ0n) is 7.53. The van der Waals surface area contributed by atoms with E-state index in [1.165, 1.54) is 24.3 Å². The van der Waals surface area contributed by atoms with E-state index >= 15 is 0 Å². The van der Waals surface area contributed by atoms with Crippen molar-refractivity contribution < 1.29 is 14.2 Å². The number of halogens is 1. The van der Waals surface area contributed by atoms with Gasteiger partial charge in [-0.15, -0.1) is 0 Å². The first kappa shape index (κ1) is 9.99. The molecule has 0 fully saturated rings. The third-order valence-corrected chi connectivity index (χ3v) is 1.73. The van der Waals surface area contributed by atoms with Gasteiger partial charge in [-0.2, -0.15) is 0 Å². The van der Waals surface area contributed by atoms with E-state index in [1.807, 2.05) is 6.92 Å². The molecule has 1 unspecified atom stereocenters. The molecule has 0 amide bonds. The van der Waals surface area contributed by atoms with E-state index in [4.69, 9.17) is 4.74 Å². The Bertz CT molecular complexity index is 246. The summed E-state index contributed by atoms with van der Waals surface area (Å²) in [6, 6.07) is 5.73. The van der Waals surface area contributed by atoms with Crippen LogP contribution in [0.4, 0.5) is 4.39 Å². The Labute approximate surface area is 77.0 Å². The molecule has 2 nitrogen and oxygen atoms in total. The van der Waals surface area contributed by atoms with Crippen LogP contribution in [-0.2, 0) is 0 Å². The molecule has 0 spiro atoms. The van der Waals surface area contributed by atoms with Gasteiger partial charge in [0.2, 0.25) is 0 Å². The van der Waals surface area contributed by atoms with Gasteiger partial charge in [0, 0.05) is 0 Å². The molecule has 0 radical (unpaired) electrons. The van der Waals surface area contributed by atoms with Gasteiger partial charge in [0.05, 0.1) is 6.10 Å². The van der Waals surface area contributed by atoms with Gasteiger partial charge in [0.25, 0.3) is 0 Å². The molecular formula is C10H13FO2. The zero-order chi connectivity index (χ0) is 9.68. The summed E-state index contributed by atoms with van der Waals surface area (Å²) < 4.78 is 17.6. The lowest BCUT2D eigenvalue weighted by Crippen LogP contribution is -2.15. The number of aliphatic hydroxyl groups excluding tert-OH is 1. The highest BCUT2D eigenvalue weighted by Gasteiger charge is 2.01. The minimum absolute atomic E-state index is 0.252. The molecule has 1 aromatic carbocycles. The quantitative estimate of drug-likeness (QED) is 0.775. The SMILES string of the molecule is CCC(O)COc1ccc(F)cc1. The van der Waals surface area contributed by atoms with E-state index in [9.17, 15) is 9.50 Å². The van der Waals surface area contributed by atoms with Crippen LogP contribution in [-0.4, -0.2) is 17.8 Å². The molecule has 0 heterocycles. The fourth-order valence-corrected chi connectivity index (χ4v) is 0.841. The molecule has 3 heteroatoms. The van der Waals surface area contributed by atoms with E-state index in [-0.39, 0.29) is 12.4 Å². The maximum Gasteiger partial charge on any atom is 0.123 e. The summed E-state index contributed by atoms with van der Waals surface area (Å²) in [5.41, 5.74) is 0. The fourth-order valence-electron chi connectivity index (χ4n) is 0.841. The zero-order valence-corrected chi connectivity index (χ0v) is 7.53. The van der Waals surface area contributed by atoms with Gasteiger partial charge in [0.1, 0.15) is 18.2 Å². The average Bonchev–Trinajstić information content (AvgIpc) is 2.16. The largest absolute Gasteiger partial charge is 0.491 e. The van der Waals surface area contributed by atoms with E-state index in [0.717, 1.165) is 0 Å². The lowest BCUT2D eigenvalue weighted by atomic mass is 10.3. The Kier molecular flexibility index (Phi) is 3.71. The molecule has 0 aliphatic carbocycles. The molecule has 72 valence electrons. The molecule has 1 rings (SSSR count). The van der Waals surface area contributed by atoms with Gasteiger partial charge in [-0.05, 0) is 30.7 Å². The second-order valence-corrected chi connectivity index (χ2v) is 2.83. The van der Waals surface area contributed by atoms with Gasteiger partial charge < -0.3 is 9.84 Å². The van der Waals surface area contributed by atoms with Gasteiger partial charge in [-0.3, -0.25) is 0 Å². The molecule has 1 N–H and O–H groups in total. The smallest absolute Gasteiger partial charge is 0.123 e. The number of ether oxygens (including phenoxy) is 1. The van der Waals surface area contributed by atoms with E-state index in [2.05, 4.69) is 0 Å². The van der Waals surface area contributed by atoms with Crippen molar-refractivity contribution in [2.75, 3.05) is 6.61 Å². The summed E-state index contributed by atoms with van der Waals surface area (Å²) in [6.07, 6.45) is 0.200. The van der Waals surface area contributed by atoms with Crippen molar-refractivity contribution in [3.8, 4) is 5.75 Å². The summed E-state index contributed by atoms with van der Waals surface area (Å²) in [5, 5.41) is 9.17. The van der Waals surface area contributed by atoms with Crippen LogP contribution in [0.3, 0.4) is 0 Å². The second kappa shape index (κ2) is 4.82. The molecule has 1 aromatic rings. The topological polar surface area (TPSA) is 29.5 Å². The highest BCUT2D eigenvalue weighted by atomic mass is 19.1. The van der Waals surface area contributed by atoms with Crippen molar-refractivity contribution in [3.63, 3.8) is 0 Å². The third-order valence-electron chi connectivity index (χ3n) is 1.73. The van der Waals surface area contributed by atoms with Crippen LogP contribution >= 0.6 is 0 Å². The fraction of sp³-hybridized carbons (Fsp3) is 0.400. The Morgan fingerprint density at radius 2 is 2.00 bits per heavy atom. The van der Waals surface area contributed by atoms with Crippen molar-refractivity contribution in [1.29, 1.82) is 0 Å². The number of aliphatic hydroxyl groups is 1. The first-order valence-electron chi connectivity index (χ1n) is 4.28. The summed E-state index contributed by atoms with van der Waals surface area (Å²) in [6.45, 7) is 2.13. The highest BCUT2D eigenvalue weighted by Crippen LogP contribution is 2.11. The molecule has 0 bridgehead atoms. The summed E-state index contributed by atoms with van der Waals surface area (Å²) in [7, 11) is 0. The number of hydrogen-bond donors (Lipinski definition) is 1. The maximum atomic E-state index is 12.4. The normalized spacial score (nSPS) is 12.5. The molecule has 0 aliphatic rings. The van der Waals surface area contributed by atoms with Crippen LogP contribution in [0.15, 0.2) is 24.3 Å². The van der Waals surface area contributed by atoms with E-state index < -0.39 is 6.10 Å². The van der Waals surface area contributed by atoms with Crippen LogP contribution in [0, 0.1) is 5.82 Å². The van der Waals surface area contributed by atoms with Crippen molar-refractivity contribution in [1.82, 2.24) is 0 Å². The lowest BCUT2D eigenvalue weighted by Gasteiger charge is -2.09. The summed E-state index contributed by atoms with van der Waals surface area (Å²) in [5.74, 6) is 0.289.